The zero-order valence-corrected chi connectivity index (χ0v) is 7.36. The van der Waals surface area contributed by atoms with Gasteiger partial charge in [0.05, 0.1) is 0 Å². The van der Waals surface area contributed by atoms with Gasteiger partial charge >= 0.3 is 5.97 Å². The maximum atomic E-state index is 10.6. The smallest absolute Gasteiger partial charge is 0.371 e. The molecule has 0 radical (unpaired) electrons. The van der Waals surface area contributed by atoms with E-state index in [9.17, 15) is 4.79 Å². The van der Waals surface area contributed by atoms with Gasteiger partial charge in [0.2, 0.25) is 5.76 Å². The summed E-state index contributed by atoms with van der Waals surface area (Å²) in [7, 11) is 0. The summed E-state index contributed by atoms with van der Waals surface area (Å²) in [6.45, 7) is 0.337. The van der Waals surface area contributed by atoms with Crippen LogP contribution in [0.5, 0.6) is 0 Å². The summed E-state index contributed by atoms with van der Waals surface area (Å²) in [6, 6.07) is 6.93. The van der Waals surface area contributed by atoms with Crippen LogP contribution in [-0.4, -0.2) is 11.1 Å². The number of carboxylic acid groups (broad SMARTS) is 1. The number of rotatable bonds is 2. The van der Waals surface area contributed by atoms with Crippen LogP contribution in [0.2, 0.25) is 0 Å². The van der Waals surface area contributed by atoms with Gasteiger partial charge in [0.25, 0.3) is 0 Å². The average Bonchev–Trinajstić information content (AvgIpc) is 2.60. The van der Waals surface area contributed by atoms with E-state index < -0.39 is 5.97 Å². The third-order valence-electron chi connectivity index (χ3n) is 2.06. The molecule has 3 N–H and O–H groups in total. The summed E-state index contributed by atoms with van der Waals surface area (Å²) >= 11 is 0. The molecule has 2 rings (SSSR count). The first kappa shape index (κ1) is 8.77. The first-order valence-corrected chi connectivity index (χ1v) is 4.17. The fourth-order valence-corrected chi connectivity index (χ4v) is 1.39. The van der Waals surface area contributed by atoms with Crippen LogP contribution < -0.4 is 5.73 Å². The Hall–Kier alpha value is -1.81. The van der Waals surface area contributed by atoms with Crippen molar-refractivity contribution in [2.75, 3.05) is 0 Å². The Morgan fingerprint density at radius 2 is 2.29 bits per heavy atom. The molecule has 0 aliphatic heterocycles. The number of benzene rings is 1. The molecule has 72 valence electrons. The summed E-state index contributed by atoms with van der Waals surface area (Å²) in [5.74, 6) is -1.12. The fourth-order valence-electron chi connectivity index (χ4n) is 1.39. The molecular formula is C10H9NO3. The van der Waals surface area contributed by atoms with E-state index in [-0.39, 0.29) is 5.76 Å². The van der Waals surface area contributed by atoms with E-state index in [0.29, 0.717) is 12.1 Å². The van der Waals surface area contributed by atoms with Crippen LogP contribution in [0.15, 0.2) is 28.7 Å². The molecule has 4 heteroatoms. The van der Waals surface area contributed by atoms with E-state index in [1.165, 1.54) is 6.07 Å². The Morgan fingerprint density at radius 3 is 2.93 bits per heavy atom. The number of aromatic carboxylic acids is 1. The van der Waals surface area contributed by atoms with Crippen LogP contribution in [0.3, 0.4) is 0 Å². The Balaban J connectivity index is 2.70. The molecule has 4 nitrogen and oxygen atoms in total. The standard InChI is InChI=1S/C10H9NO3/c11-5-7-3-1-2-6-4-8(10(12)13)14-9(6)7/h1-4H,5,11H2,(H,12,13). The summed E-state index contributed by atoms with van der Waals surface area (Å²) in [6.07, 6.45) is 0. The molecule has 2 aromatic rings. The molecule has 0 atom stereocenters. The lowest BCUT2D eigenvalue weighted by Gasteiger charge is -1.95. The largest absolute Gasteiger partial charge is 0.475 e. The van der Waals surface area contributed by atoms with E-state index in [2.05, 4.69) is 0 Å². The normalized spacial score (nSPS) is 10.6. The van der Waals surface area contributed by atoms with Gasteiger partial charge in [0, 0.05) is 17.5 Å². The average molecular weight is 191 g/mol. The molecule has 0 bridgehead atoms. The minimum Gasteiger partial charge on any atom is -0.475 e. The third-order valence-corrected chi connectivity index (χ3v) is 2.06. The highest BCUT2D eigenvalue weighted by molar-refractivity contribution is 5.92. The zero-order chi connectivity index (χ0) is 10.1. The van der Waals surface area contributed by atoms with E-state index in [0.717, 1.165) is 10.9 Å². The highest BCUT2D eigenvalue weighted by Crippen LogP contribution is 2.22. The lowest BCUT2D eigenvalue weighted by molar-refractivity contribution is 0.0665. The van der Waals surface area contributed by atoms with Crippen molar-refractivity contribution in [1.29, 1.82) is 0 Å². The molecule has 1 heterocycles. The minimum absolute atomic E-state index is 0.0547. The topological polar surface area (TPSA) is 76.5 Å². The lowest BCUT2D eigenvalue weighted by atomic mass is 10.1. The Bertz CT molecular complexity index is 487. The predicted octanol–water partition coefficient (Wildman–Crippen LogP) is 1.59. The van der Waals surface area contributed by atoms with Crippen LogP contribution in [0.1, 0.15) is 16.1 Å². The molecule has 0 amide bonds. The molecule has 1 aromatic carbocycles. The summed E-state index contributed by atoms with van der Waals surface area (Å²) in [5.41, 5.74) is 6.87. The van der Waals surface area contributed by atoms with Crippen molar-refractivity contribution >= 4 is 16.9 Å². The molecule has 0 saturated heterocycles. The van der Waals surface area contributed by atoms with Gasteiger partial charge in [0.15, 0.2) is 0 Å². The van der Waals surface area contributed by atoms with Crippen molar-refractivity contribution in [3.05, 3.63) is 35.6 Å². The third kappa shape index (κ3) is 1.25. The molecule has 0 spiro atoms. The van der Waals surface area contributed by atoms with Crippen LogP contribution in [-0.2, 0) is 6.54 Å². The van der Waals surface area contributed by atoms with Crippen LogP contribution in [0.4, 0.5) is 0 Å². The molecule has 0 fully saturated rings. The predicted molar refractivity (Wildman–Crippen MR) is 51.1 cm³/mol. The number of furan rings is 1. The van der Waals surface area contributed by atoms with Crippen LogP contribution >= 0.6 is 0 Å². The van der Waals surface area contributed by atoms with Gasteiger partial charge in [-0.15, -0.1) is 0 Å². The Labute approximate surface area is 79.9 Å². The molecule has 1 aromatic heterocycles. The highest BCUT2D eigenvalue weighted by atomic mass is 16.4. The lowest BCUT2D eigenvalue weighted by Crippen LogP contribution is -1.95. The Kier molecular flexibility index (Phi) is 1.98. The van der Waals surface area contributed by atoms with Crippen molar-refractivity contribution in [1.82, 2.24) is 0 Å². The van der Waals surface area contributed by atoms with E-state index in [4.69, 9.17) is 15.3 Å². The number of para-hydroxylation sites is 1. The number of hydrogen-bond acceptors (Lipinski definition) is 3. The number of carboxylic acids is 1. The quantitative estimate of drug-likeness (QED) is 0.755. The highest BCUT2D eigenvalue weighted by Gasteiger charge is 2.11. The van der Waals surface area contributed by atoms with Gasteiger partial charge < -0.3 is 15.3 Å². The van der Waals surface area contributed by atoms with Crippen molar-refractivity contribution in [3.8, 4) is 0 Å². The fraction of sp³-hybridized carbons (Fsp3) is 0.100. The second-order valence-electron chi connectivity index (χ2n) is 2.96. The van der Waals surface area contributed by atoms with Crippen molar-refractivity contribution in [2.24, 2.45) is 5.73 Å². The van der Waals surface area contributed by atoms with Gasteiger partial charge in [-0.05, 0) is 6.07 Å². The zero-order valence-electron chi connectivity index (χ0n) is 7.36. The second kappa shape index (κ2) is 3.16. The molecule has 0 unspecified atom stereocenters. The summed E-state index contributed by atoms with van der Waals surface area (Å²) in [4.78, 5) is 10.6. The first-order valence-electron chi connectivity index (χ1n) is 4.17. The Morgan fingerprint density at radius 1 is 1.50 bits per heavy atom. The van der Waals surface area contributed by atoms with Crippen molar-refractivity contribution in [2.45, 2.75) is 6.54 Å². The van der Waals surface area contributed by atoms with Crippen molar-refractivity contribution in [3.63, 3.8) is 0 Å². The molecule has 0 aliphatic rings. The molecular weight excluding hydrogens is 182 g/mol. The van der Waals surface area contributed by atoms with Crippen LogP contribution in [0.25, 0.3) is 11.0 Å². The summed E-state index contributed by atoms with van der Waals surface area (Å²) in [5, 5.41) is 9.49. The number of nitrogens with two attached hydrogens (primary N) is 1. The number of hydrogen-bond donors (Lipinski definition) is 2. The van der Waals surface area contributed by atoms with Gasteiger partial charge in [-0.25, -0.2) is 4.79 Å². The van der Waals surface area contributed by atoms with Crippen molar-refractivity contribution < 1.29 is 14.3 Å². The second-order valence-corrected chi connectivity index (χ2v) is 2.96. The maximum Gasteiger partial charge on any atom is 0.371 e. The minimum atomic E-state index is -1.07. The SMILES string of the molecule is NCc1cccc2cc(C(=O)O)oc12. The maximum absolute atomic E-state index is 10.6. The summed E-state index contributed by atoms with van der Waals surface area (Å²) < 4.78 is 5.17. The van der Waals surface area contributed by atoms with E-state index in [1.54, 1.807) is 6.07 Å². The number of fused-ring (bicyclic) bond motifs is 1. The van der Waals surface area contributed by atoms with Gasteiger partial charge in [0.1, 0.15) is 5.58 Å². The monoisotopic (exact) mass is 191 g/mol. The molecule has 0 aliphatic carbocycles. The van der Waals surface area contributed by atoms with Gasteiger partial charge in [-0.2, -0.15) is 0 Å². The van der Waals surface area contributed by atoms with Gasteiger partial charge in [-0.1, -0.05) is 18.2 Å². The van der Waals surface area contributed by atoms with Crippen LogP contribution in [0, 0.1) is 0 Å². The number of carbonyl (C=O) groups is 1. The first-order chi connectivity index (χ1) is 6.72. The van der Waals surface area contributed by atoms with Gasteiger partial charge in [-0.3, -0.25) is 0 Å². The van der Waals surface area contributed by atoms with E-state index in [1.807, 2.05) is 12.1 Å². The molecule has 14 heavy (non-hydrogen) atoms. The van der Waals surface area contributed by atoms with E-state index >= 15 is 0 Å². The molecule has 0 saturated carbocycles.